The molecule has 0 atom stereocenters. The van der Waals surface area contributed by atoms with Gasteiger partial charge in [-0.3, -0.25) is 14.2 Å². The van der Waals surface area contributed by atoms with Crippen molar-refractivity contribution in [1.29, 1.82) is 0 Å². The van der Waals surface area contributed by atoms with Gasteiger partial charge in [-0.1, -0.05) is 34.1 Å². The van der Waals surface area contributed by atoms with Gasteiger partial charge in [0.15, 0.2) is 11.5 Å². The molecule has 0 saturated heterocycles. The van der Waals surface area contributed by atoms with Crippen molar-refractivity contribution in [2.45, 2.75) is 6.54 Å². The molecule has 166 valence electrons. The van der Waals surface area contributed by atoms with Crippen LogP contribution in [-0.2, 0) is 6.54 Å². The number of benzene rings is 2. The van der Waals surface area contributed by atoms with Gasteiger partial charge in [-0.15, -0.1) is 6.58 Å². The van der Waals surface area contributed by atoms with Crippen LogP contribution in [-0.4, -0.2) is 30.9 Å². The fourth-order valence-corrected chi connectivity index (χ4v) is 3.69. The van der Waals surface area contributed by atoms with Crippen molar-refractivity contribution in [3.63, 3.8) is 0 Å². The normalized spacial score (nSPS) is 12.0. The van der Waals surface area contributed by atoms with Crippen molar-refractivity contribution in [3.8, 4) is 17.2 Å². The number of ether oxygens (including phenoxy) is 3. The second-order valence-electron chi connectivity index (χ2n) is 6.76. The van der Waals surface area contributed by atoms with E-state index in [0.717, 1.165) is 10.0 Å². The number of hydrogen-bond acceptors (Lipinski definition) is 5. The molecule has 0 spiro atoms. The molecule has 1 heterocycles. The number of rotatable bonds is 7. The van der Waals surface area contributed by atoms with Crippen LogP contribution >= 0.6 is 15.9 Å². The molecule has 0 aliphatic rings. The van der Waals surface area contributed by atoms with Crippen LogP contribution in [0.25, 0.3) is 12.2 Å². The molecule has 0 bridgehead atoms. The van der Waals surface area contributed by atoms with Gasteiger partial charge in [0.2, 0.25) is 5.75 Å². The van der Waals surface area contributed by atoms with E-state index in [1.54, 1.807) is 30.4 Å². The monoisotopic (exact) mass is 498 g/mol. The molecule has 7 nitrogen and oxygen atoms in total. The molecule has 3 rings (SSSR count). The summed E-state index contributed by atoms with van der Waals surface area (Å²) in [5.41, 5.74) is 0.620. The van der Waals surface area contributed by atoms with Crippen LogP contribution < -0.4 is 36.0 Å². The van der Waals surface area contributed by atoms with E-state index in [1.165, 1.54) is 25.9 Å². The second-order valence-corrected chi connectivity index (χ2v) is 7.68. The quantitative estimate of drug-likeness (QED) is 0.504. The van der Waals surface area contributed by atoms with Crippen LogP contribution in [0, 0.1) is 0 Å². The van der Waals surface area contributed by atoms with Gasteiger partial charge in [0.1, 0.15) is 10.7 Å². The van der Waals surface area contributed by atoms with Gasteiger partial charge >= 0.3 is 0 Å². The minimum atomic E-state index is -0.398. The van der Waals surface area contributed by atoms with Gasteiger partial charge in [-0.2, -0.15) is 0 Å². The fraction of sp³-hybridized carbons (Fsp3) is 0.167. The summed E-state index contributed by atoms with van der Waals surface area (Å²) in [6.45, 7) is 3.90. The average molecular weight is 499 g/mol. The van der Waals surface area contributed by atoms with Gasteiger partial charge < -0.3 is 19.2 Å². The number of allylic oxidation sites excluding steroid dienone is 1. The van der Waals surface area contributed by atoms with Crippen molar-refractivity contribution >= 4 is 28.1 Å². The summed E-state index contributed by atoms with van der Waals surface area (Å²) in [7, 11) is 4.52. The first kappa shape index (κ1) is 23.1. The Hall–Kier alpha value is -3.52. The highest BCUT2D eigenvalue weighted by atomic mass is 79.9. The van der Waals surface area contributed by atoms with Crippen LogP contribution in [0.2, 0.25) is 0 Å². The highest BCUT2D eigenvalue weighted by molar-refractivity contribution is 9.10. The summed E-state index contributed by atoms with van der Waals surface area (Å²) >= 11 is 3.42. The maximum atomic E-state index is 13.2. The van der Waals surface area contributed by atoms with E-state index in [4.69, 9.17) is 14.2 Å². The van der Waals surface area contributed by atoms with E-state index in [2.05, 4.69) is 27.5 Å². The number of nitrogens with zero attached hydrogens (tertiary/aromatic N) is 1. The summed E-state index contributed by atoms with van der Waals surface area (Å²) in [5, 5.41) is 0.354. The first-order valence-electron chi connectivity index (χ1n) is 9.65. The Kier molecular flexibility index (Phi) is 7.37. The predicted molar refractivity (Wildman–Crippen MR) is 128 cm³/mol. The lowest BCUT2D eigenvalue weighted by atomic mass is 10.1. The Morgan fingerprint density at radius 2 is 1.69 bits per heavy atom. The smallest absolute Gasteiger partial charge is 0.275 e. The number of hydrogen-bond donors (Lipinski definition) is 1. The zero-order valence-electron chi connectivity index (χ0n) is 18.0. The van der Waals surface area contributed by atoms with Crippen molar-refractivity contribution < 1.29 is 14.2 Å². The Bertz CT molecular complexity index is 1360. The molecule has 0 amide bonds. The third-order valence-electron chi connectivity index (χ3n) is 4.71. The Balaban J connectivity index is 2.28. The molecule has 0 unspecified atom stereocenters. The lowest BCUT2D eigenvalue weighted by Crippen LogP contribution is -2.53. The van der Waals surface area contributed by atoms with Crippen LogP contribution in [0.15, 0.2) is 63.1 Å². The first-order valence-corrected chi connectivity index (χ1v) is 10.4. The van der Waals surface area contributed by atoms with Crippen molar-refractivity contribution in [3.05, 3.63) is 96.1 Å². The Morgan fingerprint density at radius 1 is 1.00 bits per heavy atom. The number of aromatic amines is 1. The zero-order valence-corrected chi connectivity index (χ0v) is 19.6. The van der Waals surface area contributed by atoms with Crippen LogP contribution in [0.4, 0.5) is 0 Å². The highest BCUT2D eigenvalue weighted by Crippen LogP contribution is 2.38. The minimum Gasteiger partial charge on any atom is -0.493 e. The molecule has 2 aromatic carbocycles. The fourth-order valence-electron chi connectivity index (χ4n) is 3.27. The van der Waals surface area contributed by atoms with Crippen molar-refractivity contribution in [2.75, 3.05) is 21.3 Å². The van der Waals surface area contributed by atoms with E-state index in [9.17, 15) is 9.59 Å². The number of methoxy groups -OCH3 is 3. The Labute approximate surface area is 193 Å². The maximum absolute atomic E-state index is 13.2. The molecule has 0 fully saturated rings. The number of H-pyrrole nitrogens is 1. The van der Waals surface area contributed by atoms with E-state index < -0.39 is 5.56 Å². The molecule has 1 aromatic heterocycles. The molecular formula is C24H23BrN2O5. The first-order chi connectivity index (χ1) is 15.4. The third-order valence-corrected chi connectivity index (χ3v) is 5.20. The SMILES string of the molecule is C=CCn1c(=O)/c(=C\c2cc(OC)c(OC)c(OC)c2)[nH]c(=O)/c1=C\c1cccc(Br)c1. The van der Waals surface area contributed by atoms with Gasteiger partial charge in [0, 0.05) is 11.0 Å². The topological polar surface area (TPSA) is 82.5 Å². The van der Waals surface area contributed by atoms with Gasteiger partial charge in [0.05, 0.1) is 21.3 Å². The minimum absolute atomic E-state index is 0.123. The summed E-state index contributed by atoms with van der Waals surface area (Å²) in [5.74, 6) is 1.31. The zero-order chi connectivity index (χ0) is 23.3. The number of nitrogens with one attached hydrogen (secondary N) is 1. The maximum Gasteiger partial charge on any atom is 0.275 e. The van der Waals surface area contributed by atoms with Gasteiger partial charge in [-0.25, -0.2) is 0 Å². The third kappa shape index (κ3) is 4.86. The molecule has 0 aliphatic heterocycles. The Morgan fingerprint density at radius 3 is 2.25 bits per heavy atom. The van der Waals surface area contributed by atoms with E-state index in [0.29, 0.717) is 22.8 Å². The molecule has 3 aromatic rings. The van der Waals surface area contributed by atoms with Crippen LogP contribution in [0.3, 0.4) is 0 Å². The van der Waals surface area contributed by atoms with E-state index in [-0.39, 0.29) is 22.8 Å². The lowest BCUT2D eigenvalue weighted by molar-refractivity contribution is 0.324. The molecular weight excluding hydrogens is 476 g/mol. The van der Waals surface area contributed by atoms with Gasteiger partial charge in [-0.05, 0) is 47.5 Å². The van der Waals surface area contributed by atoms with E-state index >= 15 is 0 Å². The van der Waals surface area contributed by atoms with Gasteiger partial charge in [0.25, 0.3) is 11.1 Å². The summed E-state index contributed by atoms with van der Waals surface area (Å²) in [4.78, 5) is 28.9. The summed E-state index contributed by atoms with van der Waals surface area (Å²) in [6.07, 6.45) is 4.80. The molecule has 0 saturated carbocycles. The van der Waals surface area contributed by atoms with Crippen molar-refractivity contribution in [1.82, 2.24) is 9.55 Å². The van der Waals surface area contributed by atoms with E-state index in [1.807, 2.05) is 24.3 Å². The molecule has 32 heavy (non-hydrogen) atoms. The number of halogens is 1. The standard InChI is InChI=1S/C24H23BrN2O5/c1-5-9-27-19(12-15-7-6-8-17(25)10-15)23(28)26-18(24(27)29)11-16-13-20(30-2)22(32-4)21(14-16)31-3/h5-8,10-14H,1,9H2,2-4H3,(H,26,28)/b18-11+,19-12+. The second kappa shape index (κ2) is 10.2. The largest absolute Gasteiger partial charge is 0.493 e. The molecule has 0 aliphatic carbocycles. The van der Waals surface area contributed by atoms with Crippen molar-refractivity contribution in [2.24, 2.45) is 0 Å². The molecule has 8 heteroatoms. The summed E-state index contributed by atoms with van der Waals surface area (Å²) in [6, 6.07) is 10.8. The highest BCUT2D eigenvalue weighted by Gasteiger charge is 2.13. The van der Waals surface area contributed by atoms with Crippen LogP contribution in [0.1, 0.15) is 11.1 Å². The summed E-state index contributed by atoms with van der Waals surface area (Å²) < 4.78 is 18.3. The molecule has 0 radical (unpaired) electrons. The predicted octanol–water partition coefficient (Wildman–Crippen LogP) is 2.17. The molecule has 1 N–H and O–H groups in total. The average Bonchev–Trinajstić information content (AvgIpc) is 2.78. The lowest BCUT2D eigenvalue weighted by Gasteiger charge is -2.12. The number of aromatic nitrogens is 2. The van der Waals surface area contributed by atoms with Crippen LogP contribution in [0.5, 0.6) is 17.2 Å².